The van der Waals surface area contributed by atoms with Crippen molar-refractivity contribution in [3.05, 3.63) is 60.8 Å². The molecule has 0 aromatic rings. The Bertz CT molecular complexity index is 1140. The summed E-state index contributed by atoms with van der Waals surface area (Å²) in [6.45, 7) is 5.28. The van der Waals surface area contributed by atoms with Gasteiger partial charge in [-0.2, -0.15) is 0 Å². The molecule has 0 radical (unpaired) electrons. The van der Waals surface area contributed by atoms with Gasteiger partial charge in [0.25, 0.3) is 7.82 Å². The van der Waals surface area contributed by atoms with E-state index in [4.69, 9.17) is 18.5 Å². The zero-order valence-electron chi connectivity index (χ0n) is 39.6. The second kappa shape index (κ2) is 43.8. The Kier molecular flexibility index (Phi) is 42.5. The van der Waals surface area contributed by atoms with E-state index in [1.54, 1.807) is 0 Å². The maximum Gasteiger partial charge on any atom is 0.306 e. The lowest BCUT2D eigenvalue weighted by molar-refractivity contribution is -0.870. The highest BCUT2D eigenvalue weighted by Gasteiger charge is 2.20. The summed E-state index contributed by atoms with van der Waals surface area (Å²) in [6, 6.07) is 0. The number of allylic oxidation sites excluding steroid dienone is 10. The first-order valence-electron chi connectivity index (χ1n) is 24.5. The fourth-order valence-corrected chi connectivity index (χ4v) is 7.26. The second-order valence-corrected chi connectivity index (χ2v) is 18.8. The SMILES string of the molecule is CC/C=C\C/C=C\C/C=C\C/C=C\CCCCCCCCCCCCC(=O)OC(COCCCCCCCC/C=C\CCCCCCC)COP(=O)([O-])OCC[N+](C)(C)C. The highest BCUT2D eigenvalue weighted by atomic mass is 31.2. The van der Waals surface area contributed by atoms with Crippen molar-refractivity contribution in [1.82, 2.24) is 0 Å². The predicted molar refractivity (Wildman–Crippen MR) is 254 cm³/mol. The van der Waals surface area contributed by atoms with Gasteiger partial charge in [-0.15, -0.1) is 0 Å². The van der Waals surface area contributed by atoms with Crippen LogP contribution in [0.15, 0.2) is 60.8 Å². The van der Waals surface area contributed by atoms with Gasteiger partial charge in [0, 0.05) is 13.0 Å². The van der Waals surface area contributed by atoms with Crippen molar-refractivity contribution in [3.63, 3.8) is 0 Å². The lowest BCUT2D eigenvalue weighted by Crippen LogP contribution is -2.37. The number of nitrogens with zero attached hydrogens (tertiary/aromatic N) is 1. The van der Waals surface area contributed by atoms with E-state index in [1.165, 1.54) is 122 Å². The summed E-state index contributed by atoms with van der Waals surface area (Å²) >= 11 is 0. The van der Waals surface area contributed by atoms with Crippen molar-refractivity contribution in [2.24, 2.45) is 0 Å². The van der Waals surface area contributed by atoms with E-state index in [1.807, 2.05) is 21.1 Å². The zero-order chi connectivity index (χ0) is 44.1. The molecule has 2 unspecified atom stereocenters. The van der Waals surface area contributed by atoms with E-state index >= 15 is 0 Å². The number of carbonyl (C=O) groups is 1. The first-order valence-corrected chi connectivity index (χ1v) is 26.0. The van der Waals surface area contributed by atoms with Crippen molar-refractivity contribution in [1.29, 1.82) is 0 Å². The molecule has 9 heteroatoms. The average Bonchev–Trinajstić information content (AvgIpc) is 3.20. The smallest absolute Gasteiger partial charge is 0.306 e. The highest BCUT2D eigenvalue weighted by molar-refractivity contribution is 7.45. The number of esters is 1. The molecule has 0 spiro atoms. The van der Waals surface area contributed by atoms with Crippen LogP contribution < -0.4 is 4.89 Å². The van der Waals surface area contributed by atoms with Crippen LogP contribution in [0.4, 0.5) is 0 Å². The van der Waals surface area contributed by atoms with Crippen LogP contribution in [0.25, 0.3) is 0 Å². The maximum absolute atomic E-state index is 12.7. The molecule has 0 aromatic carbocycles. The molecule has 0 bridgehead atoms. The summed E-state index contributed by atoms with van der Waals surface area (Å²) in [4.78, 5) is 25.1. The molecule has 2 atom stereocenters. The van der Waals surface area contributed by atoms with E-state index in [0.29, 0.717) is 24.1 Å². The lowest BCUT2D eigenvalue weighted by atomic mass is 10.0. The first-order chi connectivity index (χ1) is 29.1. The number of carbonyl (C=O) groups excluding carboxylic acids is 1. The van der Waals surface area contributed by atoms with Crippen molar-refractivity contribution < 1.29 is 37.3 Å². The Morgan fingerprint density at radius 3 is 1.47 bits per heavy atom. The van der Waals surface area contributed by atoms with Crippen LogP contribution in [0.2, 0.25) is 0 Å². The van der Waals surface area contributed by atoms with Gasteiger partial charge in [-0.1, -0.05) is 177 Å². The molecule has 0 aliphatic carbocycles. The molecule has 350 valence electrons. The van der Waals surface area contributed by atoms with Gasteiger partial charge in [0.2, 0.25) is 0 Å². The molecule has 0 amide bonds. The Balaban J connectivity index is 4.16. The van der Waals surface area contributed by atoms with Crippen molar-refractivity contribution in [3.8, 4) is 0 Å². The van der Waals surface area contributed by atoms with Gasteiger partial charge in [0.1, 0.15) is 19.3 Å². The summed E-state index contributed by atoms with van der Waals surface area (Å²) in [5.74, 6) is -0.342. The number of ether oxygens (including phenoxy) is 2. The van der Waals surface area contributed by atoms with E-state index in [9.17, 15) is 14.3 Å². The van der Waals surface area contributed by atoms with E-state index < -0.39 is 13.9 Å². The summed E-state index contributed by atoms with van der Waals surface area (Å²) in [5.41, 5.74) is 0. The second-order valence-electron chi connectivity index (χ2n) is 17.4. The molecular weight excluding hydrogens is 770 g/mol. The highest BCUT2D eigenvalue weighted by Crippen LogP contribution is 2.38. The predicted octanol–water partition coefficient (Wildman–Crippen LogP) is 14.3. The van der Waals surface area contributed by atoms with Crippen molar-refractivity contribution in [2.75, 3.05) is 54.1 Å². The molecule has 60 heavy (non-hydrogen) atoms. The average molecular weight is 864 g/mol. The Labute approximate surface area is 370 Å². The van der Waals surface area contributed by atoms with Crippen LogP contribution in [0, 0.1) is 0 Å². The van der Waals surface area contributed by atoms with E-state index in [2.05, 4.69) is 74.6 Å². The molecule has 8 nitrogen and oxygen atoms in total. The van der Waals surface area contributed by atoms with Crippen LogP contribution in [0.5, 0.6) is 0 Å². The minimum absolute atomic E-state index is 0.0222. The molecule has 0 N–H and O–H groups in total. The molecule has 0 rings (SSSR count). The largest absolute Gasteiger partial charge is 0.756 e. The van der Waals surface area contributed by atoms with Gasteiger partial charge >= 0.3 is 5.97 Å². The van der Waals surface area contributed by atoms with Crippen LogP contribution >= 0.6 is 7.82 Å². The number of unbranched alkanes of at least 4 members (excludes halogenated alkanes) is 21. The van der Waals surface area contributed by atoms with Crippen LogP contribution in [0.1, 0.15) is 200 Å². The number of likely N-dealkylation sites (N-methyl/N-ethyl adjacent to an activating group) is 1. The number of quaternary nitrogens is 1. The van der Waals surface area contributed by atoms with Gasteiger partial charge in [0.15, 0.2) is 0 Å². The maximum atomic E-state index is 12.7. The number of hydrogen-bond acceptors (Lipinski definition) is 7. The minimum atomic E-state index is -4.53. The Morgan fingerprint density at radius 1 is 0.533 bits per heavy atom. The quantitative estimate of drug-likeness (QED) is 0.0198. The molecule has 0 heterocycles. The number of phosphoric ester groups is 1. The summed E-state index contributed by atoms with van der Waals surface area (Å²) in [6.07, 6.45) is 55.2. The first kappa shape index (κ1) is 58.2. The van der Waals surface area contributed by atoms with Crippen molar-refractivity contribution in [2.45, 2.75) is 206 Å². The molecule has 0 aromatic heterocycles. The molecule has 0 saturated heterocycles. The molecular formula is C51H94NO7P. The summed E-state index contributed by atoms with van der Waals surface area (Å²) in [5, 5.41) is 0. The third-order valence-electron chi connectivity index (χ3n) is 10.3. The zero-order valence-corrected chi connectivity index (χ0v) is 40.5. The topological polar surface area (TPSA) is 94.1 Å². The number of phosphoric acid groups is 1. The van der Waals surface area contributed by atoms with Gasteiger partial charge in [-0.05, 0) is 77.0 Å². The normalized spacial score (nSPS) is 14.2. The lowest BCUT2D eigenvalue weighted by Gasteiger charge is -2.28. The van der Waals surface area contributed by atoms with Gasteiger partial charge in [-0.3, -0.25) is 9.36 Å². The third-order valence-corrected chi connectivity index (χ3v) is 11.3. The standard InChI is InChI=1S/C51H94NO7P/c1-6-8-10-12-14-16-18-20-22-23-24-25-26-27-28-29-30-32-34-36-38-40-42-44-51(53)59-50(49-58-60(54,55)57-47-45-52(3,4)5)48-56-46-43-41-39-37-35-33-31-21-19-17-15-13-11-9-7-2/h8,10,14,16,19-22,24-25,50H,6-7,9,11-13,15,17-18,23,26-49H2,1-5H3/b10-8-,16-14-,21-19-,22-20-,25-24-. The van der Waals surface area contributed by atoms with E-state index in [0.717, 1.165) is 57.8 Å². The summed E-state index contributed by atoms with van der Waals surface area (Å²) in [7, 11) is 1.35. The van der Waals surface area contributed by atoms with Crippen LogP contribution in [-0.2, 0) is 27.9 Å². The molecule has 0 fully saturated rings. The number of hydrogen-bond donors (Lipinski definition) is 0. The Hall–Kier alpha value is -1.80. The molecule has 0 aliphatic rings. The fraction of sp³-hybridized carbons (Fsp3) is 0.784. The monoisotopic (exact) mass is 864 g/mol. The third kappa shape index (κ3) is 47.3. The molecule has 0 aliphatic heterocycles. The fourth-order valence-electron chi connectivity index (χ4n) is 6.53. The van der Waals surface area contributed by atoms with Crippen LogP contribution in [0.3, 0.4) is 0 Å². The number of rotatable bonds is 45. The minimum Gasteiger partial charge on any atom is -0.756 e. The molecule has 0 saturated carbocycles. The van der Waals surface area contributed by atoms with Gasteiger partial charge < -0.3 is 27.9 Å². The van der Waals surface area contributed by atoms with E-state index in [-0.39, 0.29) is 25.8 Å². The van der Waals surface area contributed by atoms with Gasteiger partial charge in [0.05, 0.1) is 34.4 Å². The van der Waals surface area contributed by atoms with Crippen molar-refractivity contribution >= 4 is 13.8 Å². The Morgan fingerprint density at radius 2 is 0.967 bits per heavy atom. The van der Waals surface area contributed by atoms with Crippen LogP contribution in [-0.4, -0.2) is 70.7 Å². The summed E-state index contributed by atoms with van der Waals surface area (Å²) < 4.78 is 34.7. The van der Waals surface area contributed by atoms with Gasteiger partial charge in [-0.25, -0.2) is 0 Å².